The standard InChI is InChI=1S/C19H19N3O3/c1-20-19(24)22-14-8-3-2-6-12(14)21-13-7-4-9-15(23)17(13)18(22)16-10-5-11-25-16/h2-3,5-6,8,10-11,18,21H,4,7,9H2,1H3,(H,20,24). The molecule has 2 aromatic rings. The Kier molecular flexibility index (Phi) is 3.80. The lowest BCUT2D eigenvalue weighted by Crippen LogP contribution is -2.42. The van der Waals surface area contributed by atoms with E-state index in [9.17, 15) is 9.59 Å². The number of para-hydroxylation sites is 2. The minimum absolute atomic E-state index is 0.0526. The SMILES string of the molecule is CNC(=O)N1c2ccccc2NC2=C(C(=O)CCC2)C1c1ccco1. The number of hydrogen-bond acceptors (Lipinski definition) is 4. The summed E-state index contributed by atoms with van der Waals surface area (Å²) in [5.41, 5.74) is 3.00. The molecule has 6 heteroatoms. The summed E-state index contributed by atoms with van der Waals surface area (Å²) in [7, 11) is 1.58. The number of Topliss-reactive ketones (excluding diaryl/α,β-unsaturated/α-hetero) is 1. The number of nitrogens with one attached hydrogen (secondary N) is 2. The fourth-order valence-corrected chi connectivity index (χ4v) is 3.59. The van der Waals surface area contributed by atoms with Crippen LogP contribution in [0.1, 0.15) is 31.1 Å². The average molecular weight is 337 g/mol. The number of amides is 2. The lowest BCUT2D eigenvalue weighted by molar-refractivity contribution is -0.116. The molecule has 2 N–H and O–H groups in total. The maximum absolute atomic E-state index is 12.8. The molecule has 0 saturated carbocycles. The van der Waals surface area contributed by atoms with E-state index in [1.807, 2.05) is 24.3 Å². The van der Waals surface area contributed by atoms with Gasteiger partial charge in [-0.2, -0.15) is 0 Å². The van der Waals surface area contributed by atoms with Crippen LogP contribution in [0, 0.1) is 0 Å². The Morgan fingerprint density at radius 3 is 2.84 bits per heavy atom. The highest BCUT2D eigenvalue weighted by atomic mass is 16.3. The Labute approximate surface area is 145 Å². The van der Waals surface area contributed by atoms with Crippen LogP contribution in [0.3, 0.4) is 0 Å². The first-order chi connectivity index (χ1) is 12.2. The Morgan fingerprint density at radius 1 is 1.24 bits per heavy atom. The van der Waals surface area contributed by atoms with Gasteiger partial charge in [0.15, 0.2) is 5.78 Å². The second-order valence-electron chi connectivity index (χ2n) is 6.15. The molecule has 2 heterocycles. The van der Waals surface area contributed by atoms with Gasteiger partial charge in [-0.05, 0) is 37.1 Å². The number of carbonyl (C=O) groups is 2. The quantitative estimate of drug-likeness (QED) is 0.834. The average Bonchev–Trinajstić information content (AvgIpc) is 3.10. The number of fused-ring (bicyclic) bond motifs is 1. The molecule has 128 valence electrons. The largest absolute Gasteiger partial charge is 0.467 e. The number of rotatable bonds is 1. The van der Waals surface area contributed by atoms with Crippen molar-refractivity contribution in [2.24, 2.45) is 0 Å². The van der Waals surface area contributed by atoms with Crippen LogP contribution in [0.5, 0.6) is 0 Å². The van der Waals surface area contributed by atoms with Crippen molar-refractivity contribution in [2.45, 2.75) is 25.3 Å². The Balaban J connectivity index is 1.99. The summed E-state index contributed by atoms with van der Waals surface area (Å²) in [5.74, 6) is 0.627. The topological polar surface area (TPSA) is 74.6 Å². The van der Waals surface area contributed by atoms with E-state index in [1.165, 1.54) is 0 Å². The van der Waals surface area contributed by atoms with Crippen molar-refractivity contribution in [2.75, 3.05) is 17.3 Å². The zero-order valence-electron chi connectivity index (χ0n) is 13.9. The molecule has 1 aliphatic carbocycles. The summed E-state index contributed by atoms with van der Waals surface area (Å²) in [4.78, 5) is 27.2. The van der Waals surface area contributed by atoms with E-state index in [1.54, 1.807) is 30.3 Å². The van der Waals surface area contributed by atoms with Crippen molar-refractivity contribution in [1.29, 1.82) is 0 Å². The van der Waals surface area contributed by atoms with Crippen LogP contribution in [0.2, 0.25) is 0 Å². The van der Waals surface area contributed by atoms with E-state index >= 15 is 0 Å². The van der Waals surface area contributed by atoms with Crippen LogP contribution < -0.4 is 15.5 Å². The van der Waals surface area contributed by atoms with Crippen molar-refractivity contribution in [3.63, 3.8) is 0 Å². The molecule has 1 aliphatic heterocycles. The van der Waals surface area contributed by atoms with Gasteiger partial charge in [0.1, 0.15) is 11.8 Å². The third kappa shape index (κ3) is 2.50. The van der Waals surface area contributed by atoms with Crippen LogP contribution in [-0.2, 0) is 4.79 Å². The molecule has 4 rings (SSSR count). The predicted octanol–water partition coefficient (Wildman–Crippen LogP) is 3.60. The molecular weight excluding hydrogens is 318 g/mol. The first-order valence-corrected chi connectivity index (χ1v) is 8.37. The number of ketones is 1. The van der Waals surface area contributed by atoms with Gasteiger partial charge in [0.2, 0.25) is 0 Å². The minimum Gasteiger partial charge on any atom is -0.467 e. The van der Waals surface area contributed by atoms with Crippen LogP contribution in [0.15, 0.2) is 58.3 Å². The minimum atomic E-state index is -0.589. The van der Waals surface area contributed by atoms with Crippen LogP contribution in [-0.4, -0.2) is 18.9 Å². The number of urea groups is 1. The molecule has 1 aromatic carbocycles. The van der Waals surface area contributed by atoms with Gasteiger partial charge in [-0.3, -0.25) is 9.69 Å². The molecule has 1 aromatic heterocycles. The predicted molar refractivity (Wildman–Crippen MR) is 94.3 cm³/mol. The van der Waals surface area contributed by atoms with Crippen LogP contribution in [0.25, 0.3) is 0 Å². The van der Waals surface area contributed by atoms with Crippen LogP contribution in [0.4, 0.5) is 16.2 Å². The lowest BCUT2D eigenvalue weighted by atomic mass is 9.88. The first kappa shape index (κ1) is 15.5. The Morgan fingerprint density at radius 2 is 2.08 bits per heavy atom. The Hall–Kier alpha value is -3.02. The molecule has 1 unspecified atom stereocenters. The molecule has 2 aliphatic rings. The molecular formula is C19H19N3O3. The van der Waals surface area contributed by atoms with Gasteiger partial charge in [-0.25, -0.2) is 4.79 Å². The summed E-state index contributed by atoms with van der Waals surface area (Å²) >= 11 is 0. The second-order valence-corrected chi connectivity index (χ2v) is 6.15. The summed E-state index contributed by atoms with van der Waals surface area (Å²) in [6.45, 7) is 0. The number of anilines is 2. The summed E-state index contributed by atoms with van der Waals surface area (Å²) in [5, 5.41) is 6.08. The zero-order chi connectivity index (χ0) is 17.4. The van der Waals surface area contributed by atoms with Gasteiger partial charge in [0.05, 0.1) is 17.6 Å². The molecule has 0 fully saturated rings. The highest BCUT2D eigenvalue weighted by Crippen LogP contribution is 2.44. The van der Waals surface area contributed by atoms with Gasteiger partial charge in [-0.15, -0.1) is 0 Å². The van der Waals surface area contributed by atoms with E-state index in [-0.39, 0.29) is 11.8 Å². The molecule has 0 spiro atoms. The second kappa shape index (κ2) is 6.12. The number of allylic oxidation sites excluding steroid dienone is 1. The van der Waals surface area contributed by atoms with Gasteiger partial charge in [0.25, 0.3) is 0 Å². The van der Waals surface area contributed by atoms with Gasteiger partial charge in [0, 0.05) is 24.7 Å². The summed E-state index contributed by atoms with van der Waals surface area (Å²) < 4.78 is 5.63. The summed E-state index contributed by atoms with van der Waals surface area (Å²) in [6.07, 6.45) is 3.62. The number of furan rings is 1. The number of carbonyl (C=O) groups excluding carboxylic acids is 2. The van der Waals surface area contributed by atoms with E-state index in [0.29, 0.717) is 23.4 Å². The summed E-state index contributed by atoms with van der Waals surface area (Å²) in [6, 6.07) is 10.3. The molecule has 1 atom stereocenters. The van der Waals surface area contributed by atoms with E-state index in [0.717, 1.165) is 24.2 Å². The third-order valence-corrected chi connectivity index (χ3v) is 4.68. The van der Waals surface area contributed by atoms with E-state index < -0.39 is 6.04 Å². The molecule has 0 bridgehead atoms. The smallest absolute Gasteiger partial charge is 0.322 e. The van der Waals surface area contributed by atoms with Crippen molar-refractivity contribution in [3.05, 3.63) is 59.7 Å². The number of nitrogens with zero attached hydrogens (tertiary/aromatic N) is 1. The normalized spacial score (nSPS) is 19.6. The van der Waals surface area contributed by atoms with Gasteiger partial charge in [-0.1, -0.05) is 12.1 Å². The van der Waals surface area contributed by atoms with Crippen LogP contribution >= 0.6 is 0 Å². The molecule has 6 nitrogen and oxygen atoms in total. The number of benzene rings is 1. The van der Waals surface area contributed by atoms with Gasteiger partial charge >= 0.3 is 6.03 Å². The van der Waals surface area contributed by atoms with Crippen molar-refractivity contribution < 1.29 is 14.0 Å². The molecule has 0 saturated heterocycles. The number of hydrogen-bond donors (Lipinski definition) is 2. The molecule has 2 amide bonds. The lowest BCUT2D eigenvalue weighted by Gasteiger charge is -2.31. The monoisotopic (exact) mass is 337 g/mol. The maximum atomic E-state index is 12.8. The van der Waals surface area contributed by atoms with Crippen molar-refractivity contribution in [3.8, 4) is 0 Å². The van der Waals surface area contributed by atoms with E-state index in [2.05, 4.69) is 10.6 Å². The highest BCUT2D eigenvalue weighted by Gasteiger charge is 2.40. The fourth-order valence-electron chi connectivity index (χ4n) is 3.59. The third-order valence-electron chi connectivity index (χ3n) is 4.68. The van der Waals surface area contributed by atoms with Crippen molar-refractivity contribution >= 4 is 23.2 Å². The highest BCUT2D eigenvalue weighted by molar-refractivity contribution is 6.05. The maximum Gasteiger partial charge on any atom is 0.322 e. The Bertz CT molecular complexity index is 855. The molecule has 25 heavy (non-hydrogen) atoms. The first-order valence-electron chi connectivity index (χ1n) is 8.37. The van der Waals surface area contributed by atoms with E-state index in [4.69, 9.17) is 4.42 Å². The zero-order valence-corrected chi connectivity index (χ0v) is 13.9. The fraction of sp³-hybridized carbons (Fsp3) is 0.263. The van der Waals surface area contributed by atoms with Crippen molar-refractivity contribution in [1.82, 2.24) is 5.32 Å². The van der Waals surface area contributed by atoms with Gasteiger partial charge < -0.3 is 15.1 Å². The molecule has 0 radical (unpaired) electrons.